The Morgan fingerprint density at radius 3 is 2.76 bits per heavy atom. The molecule has 2 aliphatic heterocycles. The number of carbonyl (C=O) groups is 1. The summed E-state index contributed by atoms with van der Waals surface area (Å²) in [5.74, 6) is 2.53. The van der Waals surface area contributed by atoms with E-state index in [1.165, 1.54) is 0 Å². The number of allylic oxidation sites excluding steroid dienone is 1. The minimum atomic E-state index is -0.164. The summed E-state index contributed by atoms with van der Waals surface area (Å²) < 4.78 is 23.0. The number of fused-ring (bicyclic) bond motifs is 2. The lowest BCUT2D eigenvalue weighted by atomic mass is 10.00. The molecular formula is C26H24N2O5. The number of hydrogen-bond acceptors (Lipinski definition) is 7. The molecule has 0 fully saturated rings. The molecule has 5 rings (SSSR count). The molecule has 2 aromatic carbocycles. The molecule has 0 spiro atoms. The normalized spacial score (nSPS) is 16.1. The van der Waals surface area contributed by atoms with Gasteiger partial charge in [0.2, 0.25) is 5.78 Å². The largest absolute Gasteiger partial charge is 0.493 e. The molecule has 7 nitrogen and oxygen atoms in total. The number of methoxy groups -OCH3 is 2. The Labute approximate surface area is 192 Å². The molecule has 2 aliphatic rings. The predicted octanol–water partition coefficient (Wildman–Crippen LogP) is 4.38. The second-order valence-electron chi connectivity index (χ2n) is 7.97. The number of aromatic nitrogens is 1. The smallest absolute Gasteiger partial charge is 0.231 e. The van der Waals surface area contributed by atoms with E-state index in [-0.39, 0.29) is 11.5 Å². The first kappa shape index (κ1) is 21.0. The van der Waals surface area contributed by atoms with Gasteiger partial charge in [0.1, 0.15) is 18.2 Å². The van der Waals surface area contributed by atoms with Crippen LogP contribution in [-0.4, -0.2) is 36.6 Å². The topological polar surface area (TPSA) is 70.1 Å². The monoisotopic (exact) mass is 444 g/mol. The third-order valence-electron chi connectivity index (χ3n) is 5.83. The molecule has 0 saturated carbocycles. The van der Waals surface area contributed by atoms with Gasteiger partial charge in [-0.2, -0.15) is 0 Å². The third kappa shape index (κ3) is 3.81. The number of ketones is 1. The molecule has 7 heteroatoms. The van der Waals surface area contributed by atoms with Crippen molar-refractivity contribution in [2.75, 3.05) is 21.0 Å². The highest BCUT2D eigenvalue weighted by atomic mass is 16.5. The van der Waals surface area contributed by atoms with Crippen molar-refractivity contribution in [3.8, 4) is 23.0 Å². The molecule has 33 heavy (non-hydrogen) atoms. The Morgan fingerprint density at radius 2 is 2.00 bits per heavy atom. The lowest BCUT2D eigenvalue weighted by molar-refractivity contribution is 0.0865. The molecule has 0 unspecified atom stereocenters. The Kier molecular flexibility index (Phi) is 5.48. The van der Waals surface area contributed by atoms with Crippen LogP contribution in [0.25, 0.3) is 6.08 Å². The minimum absolute atomic E-state index is 0.164. The summed E-state index contributed by atoms with van der Waals surface area (Å²) in [7, 11) is 3.14. The maximum absolute atomic E-state index is 13.2. The van der Waals surface area contributed by atoms with E-state index >= 15 is 0 Å². The van der Waals surface area contributed by atoms with Crippen molar-refractivity contribution in [2.24, 2.45) is 0 Å². The fourth-order valence-corrected chi connectivity index (χ4v) is 4.29. The number of carbonyl (C=O) groups excluding carboxylic acids is 1. The highest BCUT2D eigenvalue weighted by molar-refractivity contribution is 6.15. The summed E-state index contributed by atoms with van der Waals surface area (Å²) in [6, 6.07) is 13.2. The van der Waals surface area contributed by atoms with Gasteiger partial charge in [-0.3, -0.25) is 14.7 Å². The molecule has 0 atom stereocenters. The molecule has 0 N–H and O–H groups in total. The highest BCUT2D eigenvalue weighted by Gasteiger charge is 2.34. The maximum atomic E-state index is 13.2. The average Bonchev–Trinajstić information content (AvgIpc) is 3.15. The molecule has 0 amide bonds. The van der Waals surface area contributed by atoms with Crippen molar-refractivity contribution in [1.29, 1.82) is 0 Å². The van der Waals surface area contributed by atoms with Crippen LogP contribution in [0.1, 0.15) is 32.7 Å². The van der Waals surface area contributed by atoms with E-state index in [9.17, 15) is 4.79 Å². The van der Waals surface area contributed by atoms with Crippen LogP contribution in [0.15, 0.2) is 54.4 Å². The van der Waals surface area contributed by atoms with E-state index in [0.29, 0.717) is 48.2 Å². The highest BCUT2D eigenvalue weighted by Crippen LogP contribution is 2.44. The Bertz CT molecular complexity index is 1250. The Morgan fingerprint density at radius 1 is 1.12 bits per heavy atom. The predicted molar refractivity (Wildman–Crippen MR) is 123 cm³/mol. The molecule has 0 saturated heterocycles. The van der Waals surface area contributed by atoms with Gasteiger partial charge in [0, 0.05) is 36.0 Å². The SMILES string of the molecule is COc1cccc(C=C2Oc3c(cc4c(c3C)OCN(Cc3ccccn3)C4)C2=O)c1OC. The number of nitrogens with zero attached hydrogens (tertiary/aromatic N) is 2. The van der Waals surface area contributed by atoms with Crippen molar-refractivity contribution in [3.05, 3.63) is 82.4 Å². The molecule has 1 aromatic heterocycles. The summed E-state index contributed by atoms with van der Waals surface area (Å²) in [4.78, 5) is 19.8. The molecule has 0 radical (unpaired) electrons. The van der Waals surface area contributed by atoms with Crippen molar-refractivity contribution in [3.63, 3.8) is 0 Å². The maximum Gasteiger partial charge on any atom is 0.231 e. The van der Waals surface area contributed by atoms with Gasteiger partial charge < -0.3 is 18.9 Å². The van der Waals surface area contributed by atoms with Gasteiger partial charge in [-0.25, -0.2) is 0 Å². The molecule has 0 bridgehead atoms. The zero-order chi connectivity index (χ0) is 22.9. The number of rotatable bonds is 5. The van der Waals surface area contributed by atoms with Gasteiger partial charge in [0.25, 0.3) is 0 Å². The first-order valence-electron chi connectivity index (χ1n) is 10.7. The zero-order valence-electron chi connectivity index (χ0n) is 18.8. The standard InChI is InChI=1S/C26H24N2O5/c1-16-24-18(13-28(15-32-24)14-19-8-4-5-10-27-19)11-20-23(29)22(33-25(16)20)12-17-7-6-9-21(30-2)26(17)31-3/h4-12H,13-15H2,1-3H3. The van der Waals surface area contributed by atoms with E-state index < -0.39 is 0 Å². The average molecular weight is 444 g/mol. The number of ether oxygens (including phenoxy) is 4. The van der Waals surface area contributed by atoms with Crippen LogP contribution in [-0.2, 0) is 13.1 Å². The van der Waals surface area contributed by atoms with Gasteiger partial charge in [-0.1, -0.05) is 18.2 Å². The lowest BCUT2D eigenvalue weighted by Gasteiger charge is -2.30. The van der Waals surface area contributed by atoms with Crippen LogP contribution in [0.4, 0.5) is 0 Å². The van der Waals surface area contributed by atoms with E-state index in [2.05, 4.69) is 9.88 Å². The number of hydrogen-bond donors (Lipinski definition) is 0. The van der Waals surface area contributed by atoms with E-state index in [0.717, 1.165) is 22.6 Å². The molecule has 3 heterocycles. The molecular weight excluding hydrogens is 420 g/mol. The van der Waals surface area contributed by atoms with Gasteiger partial charge in [-0.05, 0) is 37.3 Å². The van der Waals surface area contributed by atoms with E-state index in [1.807, 2.05) is 43.3 Å². The summed E-state index contributed by atoms with van der Waals surface area (Å²) in [6.07, 6.45) is 3.47. The second kappa shape index (κ2) is 8.60. The third-order valence-corrected chi connectivity index (χ3v) is 5.83. The fraction of sp³-hybridized carbons (Fsp3) is 0.231. The molecule has 3 aromatic rings. The lowest BCUT2D eigenvalue weighted by Crippen LogP contribution is -2.32. The molecule has 0 aliphatic carbocycles. The van der Waals surface area contributed by atoms with Crippen LogP contribution in [0.3, 0.4) is 0 Å². The van der Waals surface area contributed by atoms with Crippen molar-refractivity contribution >= 4 is 11.9 Å². The summed E-state index contributed by atoms with van der Waals surface area (Å²) in [5, 5.41) is 0. The van der Waals surface area contributed by atoms with Crippen LogP contribution >= 0.6 is 0 Å². The van der Waals surface area contributed by atoms with Gasteiger partial charge in [0.15, 0.2) is 17.3 Å². The van der Waals surface area contributed by atoms with Crippen LogP contribution in [0.5, 0.6) is 23.0 Å². The molecule has 168 valence electrons. The van der Waals surface area contributed by atoms with E-state index in [1.54, 1.807) is 32.6 Å². The van der Waals surface area contributed by atoms with Gasteiger partial charge >= 0.3 is 0 Å². The first-order chi connectivity index (χ1) is 16.1. The zero-order valence-corrected chi connectivity index (χ0v) is 18.8. The van der Waals surface area contributed by atoms with Gasteiger partial charge in [-0.15, -0.1) is 0 Å². The Balaban J connectivity index is 1.45. The summed E-state index contributed by atoms with van der Waals surface area (Å²) in [5.41, 5.74) is 4.01. The second-order valence-corrected chi connectivity index (χ2v) is 7.97. The van der Waals surface area contributed by atoms with Crippen molar-refractivity contribution in [1.82, 2.24) is 9.88 Å². The number of benzene rings is 2. The number of para-hydroxylation sites is 1. The summed E-state index contributed by atoms with van der Waals surface area (Å²) in [6.45, 7) is 3.70. The minimum Gasteiger partial charge on any atom is -0.493 e. The van der Waals surface area contributed by atoms with Gasteiger partial charge in [0.05, 0.1) is 25.5 Å². The number of pyridine rings is 1. The quantitative estimate of drug-likeness (QED) is 0.541. The van der Waals surface area contributed by atoms with E-state index in [4.69, 9.17) is 18.9 Å². The fourth-order valence-electron chi connectivity index (χ4n) is 4.29. The van der Waals surface area contributed by atoms with Crippen LogP contribution < -0.4 is 18.9 Å². The number of Topliss-reactive ketones (excluding diaryl/α,β-unsaturated/α-hetero) is 1. The van der Waals surface area contributed by atoms with Crippen LogP contribution in [0, 0.1) is 6.92 Å². The van der Waals surface area contributed by atoms with Crippen LogP contribution in [0.2, 0.25) is 0 Å². The first-order valence-corrected chi connectivity index (χ1v) is 10.7. The van der Waals surface area contributed by atoms with Crippen molar-refractivity contribution in [2.45, 2.75) is 20.0 Å². The summed E-state index contributed by atoms with van der Waals surface area (Å²) >= 11 is 0. The van der Waals surface area contributed by atoms with Crippen molar-refractivity contribution < 1.29 is 23.7 Å². The Hall–Kier alpha value is -3.84.